The molecule has 0 aliphatic carbocycles. The van der Waals surface area contributed by atoms with E-state index in [0.29, 0.717) is 6.42 Å². The molecule has 0 saturated carbocycles. The summed E-state index contributed by atoms with van der Waals surface area (Å²) in [6.45, 7) is 4.10. The fourth-order valence-electron chi connectivity index (χ4n) is 3.56. The van der Waals surface area contributed by atoms with Crippen LogP contribution in [0.2, 0.25) is 0 Å². The van der Waals surface area contributed by atoms with Crippen molar-refractivity contribution in [2.24, 2.45) is 0 Å². The summed E-state index contributed by atoms with van der Waals surface area (Å²) in [5.74, 6) is 1.67. The van der Waals surface area contributed by atoms with Gasteiger partial charge in [-0.05, 0) is 36.4 Å². The van der Waals surface area contributed by atoms with Crippen molar-refractivity contribution in [1.29, 1.82) is 0 Å². The van der Waals surface area contributed by atoms with Crippen molar-refractivity contribution < 1.29 is 9.84 Å². The minimum atomic E-state index is -0.549. The molecular formula is C23H22O2S. The molecule has 0 unspecified atom stereocenters. The summed E-state index contributed by atoms with van der Waals surface area (Å²) in [5.41, 5.74) is 4.48. The number of rotatable bonds is 4. The van der Waals surface area contributed by atoms with Crippen molar-refractivity contribution >= 4 is 17.1 Å². The molecule has 0 radical (unpaired) electrons. The molecule has 2 heterocycles. The molecule has 2 nitrogen and oxygen atoms in total. The number of ether oxygens (including phenoxy) is 1. The van der Waals surface area contributed by atoms with Crippen molar-refractivity contribution in [3.63, 3.8) is 0 Å². The summed E-state index contributed by atoms with van der Waals surface area (Å²) in [4.78, 5) is 1.05. The van der Waals surface area contributed by atoms with Gasteiger partial charge < -0.3 is 9.84 Å². The van der Waals surface area contributed by atoms with Gasteiger partial charge in [0.25, 0.3) is 0 Å². The van der Waals surface area contributed by atoms with Crippen molar-refractivity contribution in [3.8, 4) is 5.75 Å². The Morgan fingerprint density at radius 1 is 1.04 bits per heavy atom. The van der Waals surface area contributed by atoms with Gasteiger partial charge in [0.15, 0.2) is 0 Å². The predicted octanol–water partition coefficient (Wildman–Crippen LogP) is 5.76. The van der Waals surface area contributed by atoms with Crippen LogP contribution in [0.4, 0.5) is 0 Å². The van der Waals surface area contributed by atoms with E-state index >= 15 is 0 Å². The van der Waals surface area contributed by atoms with E-state index < -0.39 is 6.10 Å². The minimum absolute atomic E-state index is 0.00685. The molecule has 3 heteroatoms. The highest BCUT2D eigenvalue weighted by atomic mass is 32.1. The van der Waals surface area contributed by atoms with Crippen LogP contribution in [0.3, 0.4) is 0 Å². The van der Waals surface area contributed by atoms with E-state index in [1.165, 1.54) is 11.1 Å². The quantitative estimate of drug-likeness (QED) is 0.639. The van der Waals surface area contributed by atoms with Crippen LogP contribution in [0.1, 0.15) is 40.8 Å². The average Bonchev–Trinajstić information content (AvgIpc) is 3.21. The predicted molar refractivity (Wildman–Crippen MR) is 108 cm³/mol. The summed E-state index contributed by atoms with van der Waals surface area (Å²) in [6.07, 6.45) is 0.102. The number of aryl methyl sites for hydroxylation is 1. The maximum absolute atomic E-state index is 10.9. The third-order valence-corrected chi connectivity index (χ3v) is 5.79. The Balaban J connectivity index is 1.97. The number of fused-ring (bicyclic) bond motifs is 1. The number of aliphatic hydroxyl groups excluding tert-OH is 1. The average molecular weight is 362 g/mol. The Morgan fingerprint density at radius 2 is 1.81 bits per heavy atom. The lowest BCUT2D eigenvalue weighted by molar-refractivity contribution is 0.197. The lowest BCUT2D eigenvalue weighted by Crippen LogP contribution is -2.24. The molecular weight excluding hydrogens is 340 g/mol. The maximum Gasteiger partial charge on any atom is 0.147 e. The highest BCUT2D eigenvalue weighted by molar-refractivity contribution is 7.11. The SMILES string of the molecule is CC[C@@H](O)C1=C(c2cccs2)Oc2ccccc2[C@H]1c1ccc(C)cc1. The maximum atomic E-state index is 10.9. The molecule has 0 amide bonds. The van der Waals surface area contributed by atoms with E-state index in [4.69, 9.17) is 4.74 Å². The van der Waals surface area contributed by atoms with Gasteiger partial charge >= 0.3 is 0 Å². The summed E-state index contributed by atoms with van der Waals surface area (Å²) in [7, 11) is 0. The van der Waals surface area contributed by atoms with Gasteiger partial charge in [0.1, 0.15) is 11.5 Å². The topological polar surface area (TPSA) is 29.5 Å². The first-order valence-corrected chi connectivity index (χ1v) is 9.86. The molecule has 1 aliphatic rings. The zero-order chi connectivity index (χ0) is 18.1. The van der Waals surface area contributed by atoms with E-state index in [1.807, 2.05) is 36.6 Å². The highest BCUT2D eigenvalue weighted by Crippen LogP contribution is 2.47. The van der Waals surface area contributed by atoms with Crippen LogP contribution < -0.4 is 4.74 Å². The number of thiophene rings is 1. The third-order valence-electron chi connectivity index (χ3n) is 4.92. The van der Waals surface area contributed by atoms with Gasteiger partial charge in [-0.2, -0.15) is 0 Å². The fraction of sp³-hybridized carbons (Fsp3) is 0.217. The third kappa shape index (κ3) is 2.98. The van der Waals surface area contributed by atoms with E-state index in [1.54, 1.807) is 11.3 Å². The number of benzene rings is 2. The summed E-state index contributed by atoms with van der Waals surface area (Å²) in [5, 5.41) is 13.0. The van der Waals surface area contributed by atoms with Gasteiger partial charge in [-0.1, -0.05) is 61.0 Å². The molecule has 0 spiro atoms. The van der Waals surface area contributed by atoms with Crippen LogP contribution in [-0.4, -0.2) is 11.2 Å². The van der Waals surface area contributed by atoms with Gasteiger partial charge in [-0.25, -0.2) is 0 Å². The molecule has 2 atom stereocenters. The Morgan fingerprint density at radius 3 is 2.50 bits per heavy atom. The highest BCUT2D eigenvalue weighted by Gasteiger charge is 2.34. The second kappa shape index (κ2) is 7.10. The van der Waals surface area contributed by atoms with Crippen molar-refractivity contribution in [1.82, 2.24) is 0 Å². The lowest BCUT2D eigenvalue weighted by atomic mass is 9.79. The molecule has 1 aliphatic heterocycles. The van der Waals surface area contributed by atoms with E-state index in [-0.39, 0.29) is 5.92 Å². The number of para-hydroxylation sites is 1. The van der Waals surface area contributed by atoms with Gasteiger partial charge in [0, 0.05) is 17.1 Å². The number of hydrogen-bond acceptors (Lipinski definition) is 3. The van der Waals surface area contributed by atoms with Crippen LogP contribution in [-0.2, 0) is 0 Å². The van der Waals surface area contributed by atoms with Crippen LogP contribution in [0.15, 0.2) is 71.6 Å². The second-order valence-electron chi connectivity index (χ2n) is 6.67. The first kappa shape index (κ1) is 17.1. The number of aliphatic hydroxyl groups is 1. The Bertz CT molecular complexity index is 923. The first-order valence-electron chi connectivity index (χ1n) is 8.98. The van der Waals surface area contributed by atoms with Gasteiger partial charge in [0.05, 0.1) is 11.0 Å². The molecule has 0 bridgehead atoms. The fourth-order valence-corrected chi connectivity index (χ4v) is 4.29. The van der Waals surface area contributed by atoms with Crippen LogP contribution >= 0.6 is 11.3 Å². The first-order chi connectivity index (χ1) is 12.7. The van der Waals surface area contributed by atoms with Crippen molar-refractivity contribution in [3.05, 3.63) is 93.2 Å². The standard InChI is InChI=1S/C23H22O2S/c1-3-18(24)22-21(16-12-10-15(2)11-13-16)17-7-4-5-8-19(17)25-23(22)20-9-6-14-26-20/h4-14,18,21,24H,3H2,1-2H3/t18-,21-/m1/s1. The van der Waals surface area contributed by atoms with Crippen molar-refractivity contribution in [2.45, 2.75) is 32.3 Å². The smallest absolute Gasteiger partial charge is 0.147 e. The molecule has 0 saturated heterocycles. The molecule has 4 rings (SSSR count). The van der Waals surface area contributed by atoms with Crippen LogP contribution in [0, 0.1) is 6.92 Å². The van der Waals surface area contributed by atoms with E-state index in [0.717, 1.165) is 27.5 Å². The van der Waals surface area contributed by atoms with Gasteiger partial charge in [0.2, 0.25) is 0 Å². The van der Waals surface area contributed by atoms with E-state index in [2.05, 4.69) is 43.3 Å². The zero-order valence-electron chi connectivity index (χ0n) is 15.0. The zero-order valence-corrected chi connectivity index (χ0v) is 15.8. The minimum Gasteiger partial charge on any atom is -0.455 e. The normalized spacial score (nSPS) is 17.6. The van der Waals surface area contributed by atoms with Gasteiger partial charge in [-0.15, -0.1) is 11.3 Å². The van der Waals surface area contributed by atoms with Crippen LogP contribution in [0.25, 0.3) is 5.76 Å². The molecule has 0 fully saturated rings. The molecule has 2 aromatic carbocycles. The Hall–Kier alpha value is -2.36. The molecule has 26 heavy (non-hydrogen) atoms. The Kier molecular flexibility index (Phi) is 4.66. The van der Waals surface area contributed by atoms with Gasteiger partial charge in [-0.3, -0.25) is 0 Å². The molecule has 132 valence electrons. The molecule has 1 N–H and O–H groups in total. The monoisotopic (exact) mass is 362 g/mol. The lowest BCUT2D eigenvalue weighted by Gasteiger charge is -2.33. The molecule has 3 aromatic rings. The summed E-state index contributed by atoms with van der Waals surface area (Å²) in [6, 6.07) is 20.8. The van der Waals surface area contributed by atoms with E-state index in [9.17, 15) is 5.11 Å². The van der Waals surface area contributed by atoms with Crippen molar-refractivity contribution in [2.75, 3.05) is 0 Å². The number of hydrogen-bond donors (Lipinski definition) is 1. The summed E-state index contributed by atoms with van der Waals surface area (Å²) >= 11 is 1.64. The second-order valence-corrected chi connectivity index (χ2v) is 7.62. The Labute approximate surface area is 158 Å². The molecule has 1 aromatic heterocycles. The summed E-state index contributed by atoms with van der Waals surface area (Å²) < 4.78 is 6.32. The van der Waals surface area contributed by atoms with Crippen LogP contribution in [0.5, 0.6) is 5.75 Å². The largest absolute Gasteiger partial charge is 0.455 e.